The maximum atomic E-state index is 5.00. The minimum atomic E-state index is 0.643. The van der Waals surface area contributed by atoms with Gasteiger partial charge in [0, 0.05) is 17.1 Å². The predicted octanol–water partition coefficient (Wildman–Crippen LogP) is 1.88. The standard InChI is InChI=1S/C9H10N2O/c1-6-5-7-3-4-8(12-2)11-9(7)10-6/h3-5H,1-2H3,(H,10,11). The first-order valence-electron chi connectivity index (χ1n) is 3.80. The van der Waals surface area contributed by atoms with E-state index in [1.165, 1.54) is 0 Å². The number of nitrogens with zero attached hydrogens (tertiary/aromatic N) is 1. The van der Waals surface area contributed by atoms with Crippen molar-refractivity contribution in [3.05, 3.63) is 23.9 Å². The van der Waals surface area contributed by atoms with E-state index in [4.69, 9.17) is 4.74 Å². The Morgan fingerprint density at radius 2 is 2.25 bits per heavy atom. The summed E-state index contributed by atoms with van der Waals surface area (Å²) in [7, 11) is 1.62. The summed E-state index contributed by atoms with van der Waals surface area (Å²) in [4.78, 5) is 7.38. The van der Waals surface area contributed by atoms with Gasteiger partial charge >= 0.3 is 0 Å². The van der Waals surface area contributed by atoms with Crippen LogP contribution in [-0.2, 0) is 0 Å². The molecule has 0 aromatic carbocycles. The third-order valence-corrected chi connectivity index (χ3v) is 1.80. The second-order valence-corrected chi connectivity index (χ2v) is 2.74. The number of fused-ring (bicyclic) bond motifs is 1. The zero-order chi connectivity index (χ0) is 8.55. The fourth-order valence-electron chi connectivity index (χ4n) is 1.24. The number of hydrogen-bond donors (Lipinski definition) is 1. The number of nitrogens with one attached hydrogen (secondary N) is 1. The summed E-state index contributed by atoms with van der Waals surface area (Å²) in [6.07, 6.45) is 0. The van der Waals surface area contributed by atoms with Crippen LogP contribution in [0.15, 0.2) is 18.2 Å². The Bertz CT molecular complexity index is 406. The number of aryl methyl sites for hydroxylation is 1. The van der Waals surface area contributed by atoms with Crippen molar-refractivity contribution in [2.45, 2.75) is 6.92 Å². The molecule has 62 valence electrons. The zero-order valence-electron chi connectivity index (χ0n) is 7.09. The summed E-state index contributed by atoms with van der Waals surface area (Å²) >= 11 is 0. The highest BCUT2D eigenvalue weighted by Crippen LogP contribution is 2.16. The van der Waals surface area contributed by atoms with Crippen molar-refractivity contribution in [2.24, 2.45) is 0 Å². The molecular weight excluding hydrogens is 152 g/mol. The molecule has 3 heteroatoms. The van der Waals surface area contributed by atoms with Gasteiger partial charge in [-0.05, 0) is 19.1 Å². The maximum Gasteiger partial charge on any atom is 0.214 e. The second-order valence-electron chi connectivity index (χ2n) is 2.74. The zero-order valence-corrected chi connectivity index (χ0v) is 7.09. The Labute approximate surface area is 70.4 Å². The molecule has 0 unspecified atom stereocenters. The monoisotopic (exact) mass is 162 g/mol. The summed E-state index contributed by atoms with van der Waals surface area (Å²) in [6.45, 7) is 2.01. The molecule has 0 saturated heterocycles. The van der Waals surface area contributed by atoms with E-state index in [2.05, 4.69) is 16.0 Å². The van der Waals surface area contributed by atoms with Crippen molar-refractivity contribution in [3.63, 3.8) is 0 Å². The fraction of sp³-hybridized carbons (Fsp3) is 0.222. The van der Waals surface area contributed by atoms with Crippen molar-refractivity contribution in [3.8, 4) is 5.88 Å². The molecule has 0 aliphatic heterocycles. The molecule has 1 N–H and O–H groups in total. The van der Waals surface area contributed by atoms with E-state index < -0.39 is 0 Å². The van der Waals surface area contributed by atoms with Crippen molar-refractivity contribution < 1.29 is 4.74 Å². The van der Waals surface area contributed by atoms with Gasteiger partial charge in [-0.15, -0.1) is 0 Å². The summed E-state index contributed by atoms with van der Waals surface area (Å²) < 4.78 is 5.00. The second kappa shape index (κ2) is 2.52. The largest absolute Gasteiger partial charge is 0.481 e. The summed E-state index contributed by atoms with van der Waals surface area (Å²) in [5, 5.41) is 1.12. The smallest absolute Gasteiger partial charge is 0.214 e. The molecule has 0 saturated carbocycles. The molecule has 0 aliphatic rings. The van der Waals surface area contributed by atoms with Crippen LogP contribution in [0.2, 0.25) is 0 Å². The number of aromatic nitrogens is 2. The first-order valence-corrected chi connectivity index (χ1v) is 3.80. The summed E-state index contributed by atoms with van der Waals surface area (Å²) in [6, 6.07) is 5.90. The van der Waals surface area contributed by atoms with Gasteiger partial charge in [-0.25, -0.2) is 0 Å². The third-order valence-electron chi connectivity index (χ3n) is 1.80. The van der Waals surface area contributed by atoms with Crippen LogP contribution < -0.4 is 4.74 Å². The van der Waals surface area contributed by atoms with Gasteiger partial charge in [0.2, 0.25) is 5.88 Å². The number of methoxy groups -OCH3 is 1. The fourth-order valence-corrected chi connectivity index (χ4v) is 1.24. The van der Waals surface area contributed by atoms with Crippen molar-refractivity contribution in [1.82, 2.24) is 9.97 Å². The van der Waals surface area contributed by atoms with Crippen LogP contribution >= 0.6 is 0 Å². The lowest BCUT2D eigenvalue weighted by molar-refractivity contribution is 0.399. The number of pyridine rings is 1. The van der Waals surface area contributed by atoms with Crippen molar-refractivity contribution in [2.75, 3.05) is 7.11 Å². The van der Waals surface area contributed by atoms with E-state index in [-0.39, 0.29) is 0 Å². The third kappa shape index (κ3) is 1.03. The normalized spacial score (nSPS) is 10.5. The molecule has 0 spiro atoms. The van der Waals surface area contributed by atoms with E-state index in [9.17, 15) is 0 Å². The number of rotatable bonds is 1. The number of H-pyrrole nitrogens is 1. The number of ether oxygens (including phenoxy) is 1. The lowest BCUT2D eigenvalue weighted by atomic mass is 10.3. The Balaban J connectivity index is 2.66. The lowest BCUT2D eigenvalue weighted by Gasteiger charge is -1.96. The average Bonchev–Trinajstić information content (AvgIpc) is 2.43. The molecule has 0 atom stereocenters. The van der Waals surface area contributed by atoms with Gasteiger partial charge in [-0.1, -0.05) is 0 Å². The Hall–Kier alpha value is -1.51. The van der Waals surface area contributed by atoms with Crippen LogP contribution in [0.25, 0.3) is 11.0 Å². The molecule has 2 heterocycles. The molecule has 12 heavy (non-hydrogen) atoms. The van der Waals surface area contributed by atoms with E-state index in [1.54, 1.807) is 7.11 Å². The molecule has 0 bridgehead atoms. The topological polar surface area (TPSA) is 37.9 Å². The van der Waals surface area contributed by atoms with Gasteiger partial charge in [-0.2, -0.15) is 4.98 Å². The van der Waals surface area contributed by atoms with Gasteiger partial charge < -0.3 is 9.72 Å². The Morgan fingerprint density at radius 1 is 1.42 bits per heavy atom. The van der Waals surface area contributed by atoms with Gasteiger partial charge in [0.15, 0.2) is 0 Å². The minimum absolute atomic E-state index is 0.643. The predicted molar refractivity (Wildman–Crippen MR) is 47.4 cm³/mol. The summed E-state index contributed by atoms with van der Waals surface area (Å²) in [5.41, 5.74) is 2.00. The van der Waals surface area contributed by atoms with E-state index in [1.807, 2.05) is 19.1 Å². The van der Waals surface area contributed by atoms with Crippen LogP contribution in [0.5, 0.6) is 5.88 Å². The van der Waals surface area contributed by atoms with Crippen LogP contribution in [0.3, 0.4) is 0 Å². The minimum Gasteiger partial charge on any atom is -0.481 e. The van der Waals surface area contributed by atoms with Crippen LogP contribution in [0, 0.1) is 6.92 Å². The first-order chi connectivity index (χ1) is 5.79. The molecular formula is C9H10N2O. The maximum absolute atomic E-state index is 5.00. The lowest BCUT2D eigenvalue weighted by Crippen LogP contribution is -1.86. The highest BCUT2D eigenvalue weighted by molar-refractivity contribution is 5.76. The average molecular weight is 162 g/mol. The van der Waals surface area contributed by atoms with Crippen molar-refractivity contribution >= 4 is 11.0 Å². The van der Waals surface area contributed by atoms with E-state index in [0.717, 1.165) is 16.7 Å². The Kier molecular flexibility index (Phi) is 1.50. The highest BCUT2D eigenvalue weighted by atomic mass is 16.5. The van der Waals surface area contributed by atoms with Crippen LogP contribution in [0.4, 0.5) is 0 Å². The van der Waals surface area contributed by atoms with Gasteiger partial charge in [0.05, 0.1) is 7.11 Å². The quantitative estimate of drug-likeness (QED) is 0.695. The highest BCUT2D eigenvalue weighted by Gasteiger charge is 1.99. The van der Waals surface area contributed by atoms with E-state index >= 15 is 0 Å². The molecule has 0 aliphatic carbocycles. The molecule has 2 rings (SSSR count). The number of aromatic amines is 1. The number of hydrogen-bond acceptors (Lipinski definition) is 2. The van der Waals surface area contributed by atoms with Crippen LogP contribution in [-0.4, -0.2) is 17.1 Å². The summed E-state index contributed by atoms with van der Waals surface area (Å²) in [5.74, 6) is 0.643. The molecule has 0 fully saturated rings. The van der Waals surface area contributed by atoms with Gasteiger partial charge in [0.1, 0.15) is 5.65 Å². The molecule has 3 nitrogen and oxygen atoms in total. The molecule has 2 aromatic heterocycles. The SMILES string of the molecule is COc1ccc2cc(C)[nH]c2n1. The molecule has 2 aromatic rings. The molecule has 0 amide bonds. The van der Waals surface area contributed by atoms with Crippen molar-refractivity contribution in [1.29, 1.82) is 0 Å². The first kappa shape index (κ1) is 7.16. The molecule has 0 radical (unpaired) electrons. The van der Waals surface area contributed by atoms with Crippen LogP contribution in [0.1, 0.15) is 5.69 Å². The Morgan fingerprint density at radius 3 is 3.00 bits per heavy atom. The van der Waals surface area contributed by atoms with Gasteiger partial charge in [0.25, 0.3) is 0 Å². The van der Waals surface area contributed by atoms with E-state index in [0.29, 0.717) is 5.88 Å². The van der Waals surface area contributed by atoms with Gasteiger partial charge in [-0.3, -0.25) is 0 Å².